The molecule has 1 aliphatic carbocycles. The lowest BCUT2D eigenvalue weighted by Gasteiger charge is -2.01. The van der Waals surface area contributed by atoms with Crippen molar-refractivity contribution >= 4 is 17.9 Å². The highest BCUT2D eigenvalue weighted by Crippen LogP contribution is 1.91. The number of hydrogen-bond acceptors (Lipinski definition) is 2. The molecule has 1 aliphatic rings. The number of nitrogens with one attached hydrogen (secondary N) is 1. The lowest BCUT2D eigenvalue weighted by Crippen LogP contribution is -2.34. The van der Waals surface area contributed by atoms with Crippen LogP contribution in [0, 0.1) is 0 Å². The van der Waals surface area contributed by atoms with Crippen LogP contribution >= 0.6 is 0 Å². The van der Waals surface area contributed by atoms with E-state index in [0.29, 0.717) is 0 Å². The van der Waals surface area contributed by atoms with E-state index in [0.717, 1.165) is 10.6 Å². The Hall–Kier alpha value is -1.35. The molecule has 1 heterocycles. The van der Waals surface area contributed by atoms with E-state index in [1.54, 1.807) is 12.3 Å². The van der Waals surface area contributed by atoms with Gasteiger partial charge in [-0.15, -0.1) is 0 Å². The predicted molar refractivity (Wildman–Crippen MR) is 40.0 cm³/mol. The predicted octanol–water partition coefficient (Wildman–Crippen LogP) is -1.48. The molecule has 0 aromatic carbocycles. The van der Waals surface area contributed by atoms with Crippen LogP contribution in [0.2, 0.25) is 0 Å². The molecule has 0 fully saturated rings. The number of aromatic nitrogens is 1. The van der Waals surface area contributed by atoms with E-state index in [1.807, 2.05) is 0 Å². The van der Waals surface area contributed by atoms with E-state index in [9.17, 15) is 4.79 Å². The summed E-state index contributed by atoms with van der Waals surface area (Å²) in [6.07, 6.45) is 3.72. The molecule has 1 aromatic heterocycles. The standard InChI is InChI=1S/C8H7NO2/c10-7-3-5-1-2-9-6(5)4-8(7)11/h1-4,8-9,11H. The number of hydrogen-bond donors (Lipinski definition) is 2. The van der Waals surface area contributed by atoms with Crippen LogP contribution in [-0.2, 0) is 4.79 Å². The molecule has 3 heteroatoms. The number of carbonyl (C=O) groups is 1. The molecule has 2 rings (SSSR count). The lowest BCUT2D eigenvalue weighted by atomic mass is 10.1. The molecule has 0 spiro atoms. The van der Waals surface area contributed by atoms with E-state index in [4.69, 9.17) is 5.11 Å². The fourth-order valence-corrected chi connectivity index (χ4v) is 1.14. The number of ketones is 1. The fourth-order valence-electron chi connectivity index (χ4n) is 1.14. The number of aliphatic hydroxyl groups excluding tert-OH is 1. The van der Waals surface area contributed by atoms with Crippen molar-refractivity contribution in [3.63, 3.8) is 0 Å². The van der Waals surface area contributed by atoms with Gasteiger partial charge in [0.15, 0.2) is 5.78 Å². The van der Waals surface area contributed by atoms with E-state index >= 15 is 0 Å². The second-order valence-electron chi connectivity index (χ2n) is 2.50. The van der Waals surface area contributed by atoms with E-state index in [1.165, 1.54) is 12.2 Å². The number of H-pyrrole nitrogens is 1. The summed E-state index contributed by atoms with van der Waals surface area (Å²) >= 11 is 0. The van der Waals surface area contributed by atoms with Gasteiger partial charge in [-0.1, -0.05) is 0 Å². The minimum Gasteiger partial charge on any atom is -0.381 e. The quantitative estimate of drug-likeness (QED) is 0.472. The molecule has 0 bridgehead atoms. The number of aliphatic hydroxyl groups is 1. The summed E-state index contributed by atoms with van der Waals surface area (Å²) < 4.78 is 0. The van der Waals surface area contributed by atoms with Gasteiger partial charge in [0.05, 0.1) is 0 Å². The van der Waals surface area contributed by atoms with Crippen molar-refractivity contribution < 1.29 is 9.90 Å². The maximum Gasteiger partial charge on any atom is 0.188 e. The molecule has 1 atom stereocenters. The molecule has 0 radical (unpaired) electrons. The summed E-state index contributed by atoms with van der Waals surface area (Å²) in [6.45, 7) is 0. The molecule has 11 heavy (non-hydrogen) atoms. The van der Waals surface area contributed by atoms with Gasteiger partial charge in [-0.25, -0.2) is 0 Å². The smallest absolute Gasteiger partial charge is 0.188 e. The van der Waals surface area contributed by atoms with E-state index in [-0.39, 0.29) is 5.78 Å². The second kappa shape index (κ2) is 2.07. The van der Waals surface area contributed by atoms with Gasteiger partial charge in [-0.2, -0.15) is 0 Å². The van der Waals surface area contributed by atoms with Crippen molar-refractivity contribution in [3.8, 4) is 0 Å². The van der Waals surface area contributed by atoms with Crippen LogP contribution < -0.4 is 10.6 Å². The molecule has 3 nitrogen and oxygen atoms in total. The maximum atomic E-state index is 10.9. The van der Waals surface area contributed by atoms with Crippen LogP contribution in [0.3, 0.4) is 0 Å². The summed E-state index contributed by atoms with van der Waals surface area (Å²) in [6, 6.07) is 1.80. The van der Waals surface area contributed by atoms with Crippen molar-refractivity contribution in [1.82, 2.24) is 4.98 Å². The molecule has 0 saturated heterocycles. The third-order valence-electron chi connectivity index (χ3n) is 1.73. The van der Waals surface area contributed by atoms with Gasteiger partial charge >= 0.3 is 0 Å². The summed E-state index contributed by atoms with van der Waals surface area (Å²) in [5.74, 6) is -0.253. The topological polar surface area (TPSA) is 53.1 Å². The first-order chi connectivity index (χ1) is 5.27. The van der Waals surface area contributed by atoms with Crippen LogP contribution in [0.4, 0.5) is 0 Å². The van der Waals surface area contributed by atoms with Gasteiger partial charge in [-0.3, -0.25) is 4.79 Å². The lowest BCUT2D eigenvalue weighted by molar-refractivity contribution is -0.118. The third-order valence-corrected chi connectivity index (χ3v) is 1.73. The number of Topliss-reactive ketones (excluding diaryl/α,β-unsaturated/α-hetero) is 1. The second-order valence-corrected chi connectivity index (χ2v) is 2.50. The molecular weight excluding hydrogens is 142 g/mol. The van der Waals surface area contributed by atoms with Crippen molar-refractivity contribution in [2.24, 2.45) is 0 Å². The molecule has 1 unspecified atom stereocenters. The Morgan fingerprint density at radius 1 is 1.55 bits per heavy atom. The Kier molecular flexibility index (Phi) is 1.20. The Balaban J connectivity index is 2.78. The average Bonchev–Trinajstić information content (AvgIpc) is 2.36. The first-order valence-electron chi connectivity index (χ1n) is 3.36. The average molecular weight is 149 g/mol. The van der Waals surface area contributed by atoms with Gasteiger partial charge in [0.1, 0.15) is 6.10 Å². The Morgan fingerprint density at radius 2 is 2.36 bits per heavy atom. The van der Waals surface area contributed by atoms with E-state index < -0.39 is 6.10 Å². The normalized spacial score (nSPS) is 21.9. The van der Waals surface area contributed by atoms with Gasteiger partial charge < -0.3 is 10.1 Å². The van der Waals surface area contributed by atoms with E-state index in [2.05, 4.69) is 4.98 Å². The molecular formula is C8H7NO2. The minimum absolute atomic E-state index is 0.253. The first kappa shape index (κ1) is 6.37. The summed E-state index contributed by atoms with van der Waals surface area (Å²) in [5.41, 5.74) is 0. The highest BCUT2D eigenvalue weighted by atomic mass is 16.3. The summed E-state index contributed by atoms with van der Waals surface area (Å²) in [7, 11) is 0. The molecule has 0 saturated carbocycles. The minimum atomic E-state index is -0.971. The maximum absolute atomic E-state index is 10.9. The summed E-state index contributed by atoms with van der Waals surface area (Å²) in [4.78, 5) is 13.8. The Labute approximate surface area is 62.7 Å². The highest BCUT2D eigenvalue weighted by molar-refractivity contribution is 6.12. The zero-order valence-corrected chi connectivity index (χ0v) is 5.74. The van der Waals surface area contributed by atoms with Gasteiger partial charge in [-0.05, 0) is 18.2 Å². The molecule has 0 aliphatic heterocycles. The zero-order valence-electron chi connectivity index (χ0n) is 5.74. The van der Waals surface area contributed by atoms with Crippen LogP contribution in [-0.4, -0.2) is 22.0 Å². The molecule has 56 valence electrons. The van der Waals surface area contributed by atoms with Crippen molar-refractivity contribution in [2.75, 3.05) is 0 Å². The van der Waals surface area contributed by atoms with Crippen molar-refractivity contribution in [3.05, 3.63) is 22.8 Å². The zero-order chi connectivity index (χ0) is 7.84. The monoisotopic (exact) mass is 149 g/mol. The van der Waals surface area contributed by atoms with Gasteiger partial charge in [0.25, 0.3) is 0 Å². The Morgan fingerprint density at radius 3 is 3.18 bits per heavy atom. The number of aromatic amines is 1. The SMILES string of the molecule is O=C1C=c2cc[nH]c2=CC1O. The molecule has 2 N–H and O–H groups in total. The highest BCUT2D eigenvalue weighted by Gasteiger charge is 2.12. The third kappa shape index (κ3) is 0.897. The van der Waals surface area contributed by atoms with Crippen molar-refractivity contribution in [2.45, 2.75) is 6.10 Å². The molecule has 1 aromatic rings. The molecule has 0 amide bonds. The number of carbonyl (C=O) groups excluding carboxylic acids is 1. The van der Waals surface area contributed by atoms with Crippen molar-refractivity contribution in [1.29, 1.82) is 0 Å². The first-order valence-corrected chi connectivity index (χ1v) is 3.36. The van der Waals surface area contributed by atoms with Crippen LogP contribution in [0.25, 0.3) is 12.2 Å². The summed E-state index contributed by atoms with van der Waals surface area (Å²) in [5, 5.41) is 10.8. The number of fused-ring (bicyclic) bond motifs is 1. The largest absolute Gasteiger partial charge is 0.381 e. The fraction of sp³-hybridized carbons (Fsp3) is 0.125. The van der Waals surface area contributed by atoms with Crippen LogP contribution in [0.5, 0.6) is 0 Å². The van der Waals surface area contributed by atoms with Gasteiger partial charge in [0, 0.05) is 16.8 Å². The van der Waals surface area contributed by atoms with Gasteiger partial charge in [0.2, 0.25) is 0 Å². The number of rotatable bonds is 0. The Bertz CT molecular complexity index is 402. The van der Waals surface area contributed by atoms with Crippen LogP contribution in [0.15, 0.2) is 12.3 Å². The van der Waals surface area contributed by atoms with Crippen LogP contribution in [0.1, 0.15) is 0 Å².